The fourth-order valence-corrected chi connectivity index (χ4v) is 2.31. The van der Waals surface area contributed by atoms with Gasteiger partial charge in [0.2, 0.25) is 0 Å². The number of hydrogen-bond acceptors (Lipinski definition) is 6. The third kappa shape index (κ3) is 3.14. The van der Waals surface area contributed by atoms with E-state index in [0.29, 0.717) is 23.1 Å². The first-order valence-corrected chi connectivity index (χ1v) is 6.39. The maximum Gasteiger partial charge on any atom is 0.340 e. The summed E-state index contributed by atoms with van der Waals surface area (Å²) in [5, 5.41) is 3.25. The van der Waals surface area contributed by atoms with E-state index in [1.54, 1.807) is 6.07 Å². The van der Waals surface area contributed by atoms with Crippen LogP contribution in [0.4, 0.5) is 11.5 Å². The predicted octanol–water partition coefficient (Wildman–Crippen LogP) is 0.956. The average Bonchev–Trinajstić information content (AvgIpc) is 2.82. The van der Waals surface area contributed by atoms with Crippen molar-refractivity contribution in [3.63, 3.8) is 0 Å². The number of rotatable bonds is 4. The van der Waals surface area contributed by atoms with E-state index in [9.17, 15) is 4.79 Å². The molecule has 0 saturated carbocycles. The number of aromatic nitrogens is 1. The summed E-state index contributed by atoms with van der Waals surface area (Å²) in [6, 6.07) is 2.15. The van der Waals surface area contributed by atoms with Gasteiger partial charge in [0, 0.05) is 12.6 Å². The summed E-state index contributed by atoms with van der Waals surface area (Å²) in [7, 11) is 3.46. The van der Waals surface area contributed by atoms with Gasteiger partial charge in [0.05, 0.1) is 24.6 Å². The highest BCUT2D eigenvalue weighted by atomic mass is 16.5. The number of carbonyl (C=O) groups excluding carboxylic acids is 1. The molecule has 2 rings (SSSR count). The summed E-state index contributed by atoms with van der Waals surface area (Å²) >= 11 is 0. The minimum absolute atomic E-state index is 0.329. The molecule has 104 valence electrons. The number of nitrogens with zero attached hydrogens (tertiary/aromatic N) is 2. The maximum atomic E-state index is 11.5. The van der Waals surface area contributed by atoms with E-state index in [1.165, 1.54) is 26.1 Å². The number of pyridine rings is 1. The lowest BCUT2D eigenvalue weighted by Crippen LogP contribution is -2.31. The number of hydrogen-bond donors (Lipinski definition) is 2. The van der Waals surface area contributed by atoms with Crippen LogP contribution in [0, 0.1) is 0 Å². The number of nitrogens with two attached hydrogens (primary N) is 1. The third-order valence-corrected chi connectivity index (χ3v) is 3.53. The molecule has 1 aromatic heterocycles. The lowest BCUT2D eigenvalue weighted by Gasteiger charge is -2.20. The van der Waals surface area contributed by atoms with Gasteiger partial charge in [-0.3, -0.25) is 0 Å². The number of esters is 1. The predicted molar refractivity (Wildman–Crippen MR) is 74.1 cm³/mol. The number of ether oxygens (including phenoxy) is 1. The van der Waals surface area contributed by atoms with Crippen LogP contribution in [0.5, 0.6) is 0 Å². The van der Waals surface area contributed by atoms with Crippen LogP contribution >= 0.6 is 0 Å². The highest BCUT2D eigenvalue weighted by molar-refractivity contribution is 5.95. The third-order valence-electron chi connectivity index (χ3n) is 3.53. The number of likely N-dealkylation sites (N-methyl/N-ethyl adjacent to an activating group) is 1. The van der Waals surface area contributed by atoms with Crippen LogP contribution < -0.4 is 11.1 Å². The van der Waals surface area contributed by atoms with Gasteiger partial charge in [-0.05, 0) is 32.5 Å². The molecule has 1 aromatic rings. The van der Waals surface area contributed by atoms with Crippen LogP contribution in [0.15, 0.2) is 12.3 Å². The van der Waals surface area contributed by atoms with Crippen molar-refractivity contribution in [3.05, 3.63) is 17.8 Å². The van der Waals surface area contributed by atoms with E-state index < -0.39 is 5.97 Å². The molecule has 1 unspecified atom stereocenters. The molecular weight excluding hydrogens is 244 g/mol. The number of methoxy groups -OCH3 is 1. The van der Waals surface area contributed by atoms with Crippen LogP contribution in [0.3, 0.4) is 0 Å². The fourth-order valence-electron chi connectivity index (χ4n) is 2.31. The Kier molecular flexibility index (Phi) is 4.21. The highest BCUT2D eigenvalue weighted by Crippen LogP contribution is 2.18. The second kappa shape index (κ2) is 5.88. The Bertz CT molecular complexity index is 464. The molecule has 6 heteroatoms. The van der Waals surface area contributed by atoms with Crippen molar-refractivity contribution in [1.82, 2.24) is 9.88 Å². The normalized spacial score (nSPS) is 19.4. The Morgan fingerprint density at radius 3 is 3.11 bits per heavy atom. The van der Waals surface area contributed by atoms with Gasteiger partial charge in [0.15, 0.2) is 0 Å². The molecule has 3 N–H and O–H groups in total. The lowest BCUT2D eigenvalue weighted by atomic mass is 10.2. The summed E-state index contributed by atoms with van der Waals surface area (Å²) in [4.78, 5) is 18.0. The van der Waals surface area contributed by atoms with Gasteiger partial charge in [-0.1, -0.05) is 0 Å². The topological polar surface area (TPSA) is 80.5 Å². The molecule has 1 aliphatic heterocycles. The number of nitrogen functional groups attached to an aromatic ring is 1. The SMILES string of the molecule is COC(=O)c1cc(NCC2CCCN2C)ncc1N. The maximum absolute atomic E-state index is 11.5. The molecule has 0 radical (unpaired) electrons. The first-order chi connectivity index (χ1) is 9.11. The van der Waals surface area contributed by atoms with Crippen LogP contribution in [0.2, 0.25) is 0 Å². The van der Waals surface area contributed by atoms with E-state index in [-0.39, 0.29) is 0 Å². The molecule has 19 heavy (non-hydrogen) atoms. The van der Waals surface area contributed by atoms with Crippen LogP contribution in [0.1, 0.15) is 23.2 Å². The van der Waals surface area contributed by atoms with E-state index in [0.717, 1.165) is 13.1 Å². The lowest BCUT2D eigenvalue weighted by molar-refractivity contribution is 0.0602. The van der Waals surface area contributed by atoms with E-state index >= 15 is 0 Å². The van der Waals surface area contributed by atoms with Gasteiger partial charge < -0.3 is 20.7 Å². The Hall–Kier alpha value is -1.82. The second-order valence-corrected chi connectivity index (χ2v) is 4.81. The molecule has 1 aliphatic rings. The van der Waals surface area contributed by atoms with Gasteiger partial charge >= 0.3 is 5.97 Å². The molecular formula is C13H20N4O2. The smallest absolute Gasteiger partial charge is 0.340 e. The molecule has 0 amide bonds. The van der Waals surface area contributed by atoms with E-state index in [2.05, 4.69) is 27.0 Å². The number of nitrogens with one attached hydrogen (secondary N) is 1. The summed E-state index contributed by atoms with van der Waals surface area (Å²) < 4.78 is 4.68. The molecule has 0 spiro atoms. The van der Waals surface area contributed by atoms with Crippen molar-refractivity contribution < 1.29 is 9.53 Å². The van der Waals surface area contributed by atoms with Gasteiger partial charge in [0.25, 0.3) is 0 Å². The highest BCUT2D eigenvalue weighted by Gasteiger charge is 2.20. The molecule has 1 atom stereocenters. The number of carbonyl (C=O) groups is 1. The zero-order valence-corrected chi connectivity index (χ0v) is 11.3. The standard InChI is InChI=1S/C13H20N4O2/c1-17-5-3-4-9(17)7-15-12-6-10(13(18)19-2)11(14)8-16-12/h6,8-9H,3-5,7,14H2,1-2H3,(H,15,16). The fraction of sp³-hybridized carbons (Fsp3) is 0.538. The summed E-state index contributed by atoms with van der Waals surface area (Å²) in [6.07, 6.45) is 3.89. The van der Waals surface area contributed by atoms with Gasteiger partial charge in [-0.2, -0.15) is 0 Å². The van der Waals surface area contributed by atoms with Crippen LogP contribution in [-0.2, 0) is 4.74 Å². The first kappa shape index (κ1) is 13.6. The van der Waals surface area contributed by atoms with Crippen LogP contribution in [-0.4, -0.2) is 49.1 Å². The van der Waals surface area contributed by atoms with Crippen molar-refractivity contribution >= 4 is 17.5 Å². The largest absolute Gasteiger partial charge is 0.465 e. The Labute approximate surface area is 112 Å². The number of anilines is 2. The summed E-state index contributed by atoms with van der Waals surface area (Å²) in [6.45, 7) is 1.95. The van der Waals surface area contributed by atoms with Crippen LogP contribution in [0.25, 0.3) is 0 Å². The Balaban J connectivity index is 2.02. The summed E-state index contributed by atoms with van der Waals surface area (Å²) in [5.74, 6) is 0.204. The monoisotopic (exact) mass is 264 g/mol. The van der Waals surface area contributed by atoms with Crippen molar-refractivity contribution in [3.8, 4) is 0 Å². The molecule has 0 aliphatic carbocycles. The van der Waals surface area contributed by atoms with Gasteiger partial charge in [-0.25, -0.2) is 9.78 Å². The van der Waals surface area contributed by atoms with Gasteiger partial charge in [-0.15, -0.1) is 0 Å². The number of likely N-dealkylation sites (tertiary alicyclic amines) is 1. The molecule has 0 bridgehead atoms. The quantitative estimate of drug-likeness (QED) is 0.788. The average molecular weight is 264 g/mol. The molecule has 6 nitrogen and oxygen atoms in total. The van der Waals surface area contributed by atoms with Crippen molar-refractivity contribution in [2.45, 2.75) is 18.9 Å². The Morgan fingerprint density at radius 1 is 1.68 bits per heavy atom. The summed E-state index contributed by atoms with van der Waals surface area (Å²) in [5.41, 5.74) is 6.38. The molecule has 1 fully saturated rings. The van der Waals surface area contributed by atoms with E-state index in [1.807, 2.05) is 0 Å². The molecule has 0 aromatic carbocycles. The first-order valence-electron chi connectivity index (χ1n) is 6.39. The Morgan fingerprint density at radius 2 is 2.47 bits per heavy atom. The van der Waals surface area contributed by atoms with Crippen molar-refractivity contribution in [2.75, 3.05) is 38.3 Å². The zero-order valence-electron chi connectivity index (χ0n) is 11.3. The minimum Gasteiger partial charge on any atom is -0.465 e. The van der Waals surface area contributed by atoms with Crippen molar-refractivity contribution in [2.24, 2.45) is 0 Å². The molecule has 1 saturated heterocycles. The second-order valence-electron chi connectivity index (χ2n) is 4.81. The van der Waals surface area contributed by atoms with E-state index in [4.69, 9.17) is 5.73 Å². The minimum atomic E-state index is -0.444. The molecule has 2 heterocycles. The van der Waals surface area contributed by atoms with Gasteiger partial charge in [0.1, 0.15) is 5.82 Å². The van der Waals surface area contributed by atoms with Crippen molar-refractivity contribution in [1.29, 1.82) is 0 Å². The zero-order chi connectivity index (χ0) is 13.8.